The van der Waals surface area contributed by atoms with Crippen LogP contribution in [-0.4, -0.2) is 9.97 Å². The molecule has 1 aromatic heterocycles. The summed E-state index contributed by atoms with van der Waals surface area (Å²) in [5.41, 5.74) is 3.55. The fourth-order valence-corrected chi connectivity index (χ4v) is 2.68. The fraction of sp³-hybridized carbons (Fsp3) is 0.412. The molecule has 0 saturated heterocycles. The highest BCUT2D eigenvalue weighted by molar-refractivity contribution is 6.30. The minimum absolute atomic E-state index is 0.166. The van der Waals surface area contributed by atoms with Crippen LogP contribution in [0.4, 0.5) is 5.82 Å². The molecular formula is C17H22ClN3. The van der Waals surface area contributed by atoms with E-state index < -0.39 is 0 Å². The van der Waals surface area contributed by atoms with Crippen LogP contribution in [0, 0.1) is 0 Å². The molecule has 1 atom stereocenters. The van der Waals surface area contributed by atoms with Gasteiger partial charge in [-0.2, -0.15) is 0 Å². The number of hydrogen-bond acceptors (Lipinski definition) is 3. The van der Waals surface area contributed by atoms with Gasteiger partial charge in [0.25, 0.3) is 0 Å². The number of nitrogens with zero attached hydrogens (tertiary/aromatic N) is 2. The zero-order valence-corrected chi connectivity index (χ0v) is 13.8. The lowest BCUT2D eigenvalue weighted by molar-refractivity contribution is 0.818. The van der Waals surface area contributed by atoms with Crippen molar-refractivity contribution in [3.63, 3.8) is 0 Å². The first-order valence-corrected chi connectivity index (χ1v) is 7.76. The molecule has 3 nitrogen and oxygen atoms in total. The average molecular weight is 304 g/mol. The summed E-state index contributed by atoms with van der Waals surface area (Å²) in [7, 11) is 0. The van der Waals surface area contributed by atoms with Crippen molar-refractivity contribution < 1.29 is 0 Å². The molecule has 2 aromatic rings. The van der Waals surface area contributed by atoms with Gasteiger partial charge in [-0.3, -0.25) is 0 Å². The van der Waals surface area contributed by atoms with E-state index in [0.29, 0.717) is 5.15 Å². The molecule has 1 aromatic carbocycles. The Morgan fingerprint density at radius 3 is 2.33 bits per heavy atom. The molecule has 0 aliphatic heterocycles. The summed E-state index contributed by atoms with van der Waals surface area (Å²) in [6.07, 6.45) is 2.56. The maximum atomic E-state index is 6.20. The van der Waals surface area contributed by atoms with Gasteiger partial charge in [-0.15, -0.1) is 0 Å². The number of halogens is 1. The van der Waals surface area contributed by atoms with Crippen LogP contribution in [0.25, 0.3) is 0 Å². The first kappa shape index (κ1) is 15.8. The SMILES string of the molecule is CCc1ccc(C(C)Nc2ncnc(Cl)c2C(C)C)cc1. The third kappa shape index (κ3) is 3.73. The maximum absolute atomic E-state index is 6.20. The molecule has 2 rings (SSSR count). The number of anilines is 1. The first-order chi connectivity index (χ1) is 10.0. The van der Waals surface area contributed by atoms with E-state index in [4.69, 9.17) is 11.6 Å². The Labute approximate surface area is 131 Å². The summed E-state index contributed by atoms with van der Waals surface area (Å²) in [4.78, 5) is 8.43. The van der Waals surface area contributed by atoms with Crippen LogP contribution in [0.2, 0.25) is 5.15 Å². The van der Waals surface area contributed by atoms with Gasteiger partial charge < -0.3 is 5.32 Å². The lowest BCUT2D eigenvalue weighted by atomic mass is 10.0. The van der Waals surface area contributed by atoms with Gasteiger partial charge in [-0.25, -0.2) is 9.97 Å². The van der Waals surface area contributed by atoms with Gasteiger partial charge in [-0.1, -0.05) is 56.6 Å². The number of benzene rings is 1. The van der Waals surface area contributed by atoms with Crippen LogP contribution < -0.4 is 5.32 Å². The van der Waals surface area contributed by atoms with E-state index in [1.54, 1.807) is 0 Å². The molecule has 0 aliphatic carbocycles. The van der Waals surface area contributed by atoms with Crippen molar-refractivity contribution in [1.82, 2.24) is 9.97 Å². The Morgan fingerprint density at radius 1 is 1.10 bits per heavy atom. The monoisotopic (exact) mass is 303 g/mol. The molecule has 1 N–H and O–H groups in total. The van der Waals surface area contributed by atoms with E-state index in [0.717, 1.165) is 17.8 Å². The van der Waals surface area contributed by atoms with Crippen LogP contribution in [0.3, 0.4) is 0 Å². The molecule has 1 heterocycles. The summed E-state index contributed by atoms with van der Waals surface area (Å²) in [5.74, 6) is 1.09. The highest BCUT2D eigenvalue weighted by atomic mass is 35.5. The van der Waals surface area contributed by atoms with Crippen LogP contribution >= 0.6 is 11.6 Å². The fourth-order valence-electron chi connectivity index (χ4n) is 2.33. The molecule has 1 unspecified atom stereocenters. The Bertz CT molecular complexity index is 593. The van der Waals surface area contributed by atoms with Crippen molar-refractivity contribution in [1.29, 1.82) is 0 Å². The largest absolute Gasteiger partial charge is 0.363 e. The lowest BCUT2D eigenvalue weighted by Crippen LogP contribution is -2.11. The summed E-state index contributed by atoms with van der Waals surface area (Å²) < 4.78 is 0. The van der Waals surface area contributed by atoms with Crippen molar-refractivity contribution in [2.45, 2.75) is 46.1 Å². The van der Waals surface area contributed by atoms with Crippen LogP contribution in [-0.2, 0) is 6.42 Å². The predicted molar refractivity (Wildman–Crippen MR) is 89.0 cm³/mol. The molecular weight excluding hydrogens is 282 g/mol. The zero-order chi connectivity index (χ0) is 15.4. The van der Waals surface area contributed by atoms with Crippen molar-refractivity contribution in [2.24, 2.45) is 0 Å². The molecule has 0 amide bonds. The van der Waals surface area contributed by atoms with Gasteiger partial charge in [0, 0.05) is 11.6 Å². The topological polar surface area (TPSA) is 37.8 Å². The Morgan fingerprint density at radius 2 is 1.76 bits per heavy atom. The minimum atomic E-state index is 0.166. The Balaban J connectivity index is 2.22. The van der Waals surface area contributed by atoms with Crippen molar-refractivity contribution >= 4 is 17.4 Å². The molecule has 0 bridgehead atoms. The second-order valence-electron chi connectivity index (χ2n) is 5.54. The number of hydrogen-bond donors (Lipinski definition) is 1. The van der Waals surface area contributed by atoms with Gasteiger partial charge in [0.05, 0.1) is 0 Å². The zero-order valence-electron chi connectivity index (χ0n) is 13.0. The number of aromatic nitrogens is 2. The van der Waals surface area contributed by atoms with Crippen molar-refractivity contribution in [3.05, 3.63) is 52.4 Å². The standard InChI is InChI=1S/C17H22ClN3/c1-5-13-6-8-14(9-7-13)12(4)21-17-15(11(2)3)16(18)19-10-20-17/h6-12H,5H2,1-4H3,(H,19,20,21). The third-order valence-corrected chi connectivity index (χ3v) is 3.96. The highest BCUT2D eigenvalue weighted by Gasteiger charge is 2.15. The highest BCUT2D eigenvalue weighted by Crippen LogP contribution is 2.30. The summed E-state index contributed by atoms with van der Waals surface area (Å²) in [5, 5.41) is 3.97. The molecule has 0 radical (unpaired) electrons. The number of nitrogens with one attached hydrogen (secondary N) is 1. The smallest absolute Gasteiger partial charge is 0.138 e. The third-order valence-electron chi connectivity index (χ3n) is 3.65. The Hall–Kier alpha value is -1.61. The molecule has 21 heavy (non-hydrogen) atoms. The molecule has 0 aliphatic rings. The average Bonchev–Trinajstić information content (AvgIpc) is 2.47. The van der Waals surface area contributed by atoms with E-state index in [2.05, 4.69) is 67.2 Å². The molecule has 0 fully saturated rings. The second kappa shape index (κ2) is 6.90. The summed E-state index contributed by atoms with van der Waals surface area (Å²) in [6.45, 7) is 8.47. The summed E-state index contributed by atoms with van der Waals surface area (Å²) >= 11 is 6.20. The van der Waals surface area contributed by atoms with E-state index in [9.17, 15) is 0 Å². The normalized spacial score (nSPS) is 12.5. The second-order valence-corrected chi connectivity index (χ2v) is 5.90. The van der Waals surface area contributed by atoms with Gasteiger partial charge in [0.1, 0.15) is 17.3 Å². The lowest BCUT2D eigenvalue weighted by Gasteiger charge is -2.19. The minimum Gasteiger partial charge on any atom is -0.363 e. The first-order valence-electron chi connectivity index (χ1n) is 7.38. The Kier molecular flexibility index (Phi) is 5.18. The van der Waals surface area contributed by atoms with Crippen molar-refractivity contribution in [3.8, 4) is 0 Å². The van der Waals surface area contributed by atoms with E-state index >= 15 is 0 Å². The van der Waals surface area contributed by atoms with Crippen LogP contribution in [0.1, 0.15) is 56.3 Å². The molecule has 4 heteroatoms. The summed E-state index contributed by atoms with van der Waals surface area (Å²) in [6, 6.07) is 8.83. The quantitative estimate of drug-likeness (QED) is 0.791. The molecule has 112 valence electrons. The van der Waals surface area contributed by atoms with Crippen LogP contribution in [0.5, 0.6) is 0 Å². The van der Waals surface area contributed by atoms with Gasteiger partial charge in [0.2, 0.25) is 0 Å². The van der Waals surface area contributed by atoms with E-state index in [1.807, 2.05) is 0 Å². The molecule has 0 spiro atoms. The van der Waals surface area contributed by atoms with E-state index in [-0.39, 0.29) is 12.0 Å². The van der Waals surface area contributed by atoms with Gasteiger partial charge >= 0.3 is 0 Å². The predicted octanol–water partition coefficient (Wildman–Crippen LogP) is 4.99. The number of aryl methyl sites for hydroxylation is 1. The maximum Gasteiger partial charge on any atom is 0.138 e. The number of rotatable bonds is 5. The van der Waals surface area contributed by atoms with Gasteiger partial charge in [0.15, 0.2) is 0 Å². The van der Waals surface area contributed by atoms with E-state index in [1.165, 1.54) is 17.5 Å². The molecule has 0 saturated carbocycles. The van der Waals surface area contributed by atoms with Crippen LogP contribution in [0.15, 0.2) is 30.6 Å². The van der Waals surface area contributed by atoms with Gasteiger partial charge in [-0.05, 0) is 30.4 Å². The van der Waals surface area contributed by atoms with Crippen molar-refractivity contribution in [2.75, 3.05) is 5.32 Å².